The lowest BCUT2D eigenvalue weighted by atomic mass is 10.1. The largest absolute Gasteiger partial charge is 0.387 e. The van der Waals surface area contributed by atoms with E-state index in [2.05, 4.69) is 31.7 Å². The van der Waals surface area contributed by atoms with E-state index in [0.717, 1.165) is 62.9 Å². The summed E-state index contributed by atoms with van der Waals surface area (Å²) in [7, 11) is 0. The minimum absolute atomic E-state index is 0.388. The van der Waals surface area contributed by atoms with Crippen molar-refractivity contribution in [2.75, 3.05) is 72.0 Å². The molecule has 0 saturated carbocycles. The van der Waals surface area contributed by atoms with Crippen molar-refractivity contribution in [3.8, 4) is 0 Å². The molecule has 1 N–H and O–H groups in total. The van der Waals surface area contributed by atoms with Gasteiger partial charge in [0.25, 0.3) is 0 Å². The van der Waals surface area contributed by atoms with E-state index in [9.17, 15) is 5.11 Å². The molecule has 1 unspecified atom stereocenters. The van der Waals surface area contributed by atoms with Gasteiger partial charge in [-0.15, -0.1) is 0 Å². The third-order valence-corrected chi connectivity index (χ3v) is 7.07. The van der Waals surface area contributed by atoms with Gasteiger partial charge in [0.15, 0.2) is 0 Å². The third-order valence-electron chi connectivity index (χ3n) is 6.81. The summed E-state index contributed by atoms with van der Waals surface area (Å²) in [5.74, 6) is 0. The van der Waals surface area contributed by atoms with E-state index in [1.807, 2.05) is 42.5 Å². The average molecular weight is 457 g/mol. The van der Waals surface area contributed by atoms with Crippen molar-refractivity contribution in [1.82, 2.24) is 19.6 Å². The number of halogens is 1. The Morgan fingerprint density at radius 1 is 0.688 bits per heavy atom. The number of piperazine rings is 2. The van der Waals surface area contributed by atoms with Crippen LogP contribution in [0.1, 0.15) is 23.7 Å². The third kappa shape index (κ3) is 7.27. The molecule has 0 radical (unpaired) electrons. The summed E-state index contributed by atoms with van der Waals surface area (Å²) in [6, 6.07) is 18.3. The van der Waals surface area contributed by atoms with E-state index < -0.39 is 0 Å². The zero-order valence-corrected chi connectivity index (χ0v) is 19.8. The van der Waals surface area contributed by atoms with Crippen LogP contribution in [0.15, 0.2) is 54.6 Å². The molecule has 2 heterocycles. The number of aliphatic hydroxyl groups is 1. The summed E-state index contributed by atoms with van der Waals surface area (Å²) in [5.41, 5.74) is 2.36. The molecule has 1 atom stereocenters. The molecule has 0 amide bonds. The van der Waals surface area contributed by atoms with Crippen LogP contribution in [0.4, 0.5) is 0 Å². The van der Waals surface area contributed by atoms with Crippen LogP contribution < -0.4 is 0 Å². The van der Waals surface area contributed by atoms with Crippen LogP contribution in [0.25, 0.3) is 0 Å². The Kier molecular flexibility index (Phi) is 8.97. The molecule has 2 aliphatic heterocycles. The van der Waals surface area contributed by atoms with Crippen LogP contribution in [-0.2, 0) is 6.54 Å². The molecule has 0 aromatic heterocycles. The van der Waals surface area contributed by atoms with Gasteiger partial charge in [-0.1, -0.05) is 54.1 Å². The van der Waals surface area contributed by atoms with Crippen LogP contribution in [0.2, 0.25) is 5.02 Å². The van der Waals surface area contributed by atoms with Crippen LogP contribution >= 0.6 is 11.6 Å². The maximum absolute atomic E-state index is 10.5. The summed E-state index contributed by atoms with van der Waals surface area (Å²) >= 11 is 5.99. The summed E-state index contributed by atoms with van der Waals surface area (Å²) in [6.07, 6.45) is 0.852. The van der Waals surface area contributed by atoms with Crippen LogP contribution in [0, 0.1) is 0 Å². The highest BCUT2D eigenvalue weighted by molar-refractivity contribution is 6.30. The van der Waals surface area contributed by atoms with Crippen LogP contribution in [-0.4, -0.2) is 96.7 Å². The van der Waals surface area contributed by atoms with Gasteiger partial charge in [-0.2, -0.15) is 0 Å². The lowest BCUT2D eigenvalue weighted by Crippen LogP contribution is -2.49. The minimum atomic E-state index is -0.388. The molecule has 0 spiro atoms. The molecule has 5 nitrogen and oxygen atoms in total. The first-order valence-electron chi connectivity index (χ1n) is 12.0. The van der Waals surface area contributed by atoms with E-state index in [4.69, 9.17) is 11.6 Å². The van der Waals surface area contributed by atoms with Gasteiger partial charge in [0.1, 0.15) is 0 Å². The number of benzene rings is 2. The second kappa shape index (κ2) is 12.1. The molecular weight excluding hydrogens is 420 g/mol. The van der Waals surface area contributed by atoms with Gasteiger partial charge in [-0.25, -0.2) is 0 Å². The molecule has 174 valence electrons. The highest BCUT2D eigenvalue weighted by Crippen LogP contribution is 2.16. The molecule has 2 fully saturated rings. The lowest BCUT2D eigenvalue weighted by molar-refractivity contribution is 0.0692. The second-order valence-electron chi connectivity index (χ2n) is 9.17. The van der Waals surface area contributed by atoms with E-state index in [1.165, 1.54) is 38.2 Å². The van der Waals surface area contributed by atoms with Crippen LogP contribution in [0.3, 0.4) is 0 Å². The quantitative estimate of drug-likeness (QED) is 0.626. The lowest BCUT2D eigenvalue weighted by Gasteiger charge is -2.37. The molecular formula is C26H37ClN4O. The fourth-order valence-electron chi connectivity index (χ4n) is 4.76. The van der Waals surface area contributed by atoms with E-state index in [0.29, 0.717) is 0 Å². The summed E-state index contributed by atoms with van der Waals surface area (Å²) in [5, 5.41) is 11.3. The number of β-amino-alcohol motifs (C(OH)–C–C–N with tert-alkyl or cyclic N) is 1. The number of rotatable bonds is 9. The minimum Gasteiger partial charge on any atom is -0.387 e. The maximum Gasteiger partial charge on any atom is 0.0916 e. The van der Waals surface area contributed by atoms with Crippen molar-refractivity contribution in [1.29, 1.82) is 0 Å². The highest BCUT2D eigenvalue weighted by Gasteiger charge is 2.21. The summed E-state index contributed by atoms with van der Waals surface area (Å²) in [4.78, 5) is 10.1. The normalized spacial score (nSPS) is 20.4. The average Bonchev–Trinajstić information content (AvgIpc) is 2.83. The first-order chi connectivity index (χ1) is 15.7. The first-order valence-corrected chi connectivity index (χ1v) is 12.4. The van der Waals surface area contributed by atoms with Crippen molar-refractivity contribution in [3.63, 3.8) is 0 Å². The monoisotopic (exact) mass is 456 g/mol. The molecule has 32 heavy (non-hydrogen) atoms. The fourth-order valence-corrected chi connectivity index (χ4v) is 4.88. The molecule has 4 rings (SSSR count). The Hall–Kier alpha value is -1.47. The smallest absolute Gasteiger partial charge is 0.0916 e. The van der Waals surface area contributed by atoms with Gasteiger partial charge in [0.2, 0.25) is 0 Å². The zero-order valence-electron chi connectivity index (χ0n) is 19.1. The van der Waals surface area contributed by atoms with Crippen molar-refractivity contribution >= 4 is 11.6 Å². The molecule has 2 aliphatic rings. The molecule has 2 aromatic carbocycles. The van der Waals surface area contributed by atoms with Crippen molar-refractivity contribution in [2.24, 2.45) is 0 Å². The summed E-state index contributed by atoms with van der Waals surface area (Å²) in [6.45, 7) is 13.1. The maximum atomic E-state index is 10.5. The van der Waals surface area contributed by atoms with Crippen LogP contribution in [0.5, 0.6) is 0 Å². The number of nitrogens with zero attached hydrogens (tertiary/aromatic N) is 4. The highest BCUT2D eigenvalue weighted by atomic mass is 35.5. The molecule has 6 heteroatoms. The Balaban J connectivity index is 1.07. The van der Waals surface area contributed by atoms with Gasteiger partial charge in [-0.05, 0) is 42.8 Å². The predicted molar refractivity (Wildman–Crippen MR) is 132 cm³/mol. The van der Waals surface area contributed by atoms with Gasteiger partial charge in [-0.3, -0.25) is 9.80 Å². The van der Waals surface area contributed by atoms with Crippen molar-refractivity contribution in [3.05, 3.63) is 70.7 Å². The Labute approximate surface area is 198 Å². The summed E-state index contributed by atoms with van der Waals surface area (Å²) < 4.78 is 0. The zero-order chi connectivity index (χ0) is 22.2. The standard InChI is InChI=1S/C26H37ClN4O/c27-25-9-7-23(8-10-25)21-30-17-13-28(14-18-30)11-4-12-29-15-19-31(20-16-29)22-26(32)24-5-2-1-3-6-24/h1-3,5-10,26,32H,4,11-22H2. The Bertz CT molecular complexity index is 787. The first kappa shape index (κ1) is 23.7. The van der Waals surface area contributed by atoms with E-state index >= 15 is 0 Å². The Morgan fingerprint density at radius 3 is 1.81 bits per heavy atom. The van der Waals surface area contributed by atoms with Crippen molar-refractivity contribution < 1.29 is 5.11 Å². The number of hydrogen-bond donors (Lipinski definition) is 1. The van der Waals surface area contributed by atoms with E-state index in [1.54, 1.807) is 0 Å². The fraction of sp³-hybridized carbons (Fsp3) is 0.538. The molecule has 2 saturated heterocycles. The number of hydrogen-bond acceptors (Lipinski definition) is 5. The topological polar surface area (TPSA) is 33.2 Å². The van der Waals surface area contributed by atoms with Gasteiger partial charge in [0, 0.05) is 70.5 Å². The molecule has 0 aliphatic carbocycles. The van der Waals surface area contributed by atoms with Gasteiger partial charge >= 0.3 is 0 Å². The van der Waals surface area contributed by atoms with Crippen molar-refractivity contribution in [2.45, 2.75) is 19.1 Å². The van der Waals surface area contributed by atoms with Gasteiger partial charge in [0.05, 0.1) is 6.10 Å². The predicted octanol–water partition coefficient (Wildman–Crippen LogP) is 3.20. The Morgan fingerprint density at radius 2 is 1.22 bits per heavy atom. The molecule has 0 bridgehead atoms. The SMILES string of the molecule is OC(CN1CCN(CCCN2CCN(Cc3ccc(Cl)cc3)CC2)CC1)c1ccccc1. The molecule has 2 aromatic rings. The van der Waals surface area contributed by atoms with E-state index in [-0.39, 0.29) is 6.10 Å². The second-order valence-corrected chi connectivity index (χ2v) is 9.60. The number of aliphatic hydroxyl groups excluding tert-OH is 1. The van der Waals surface area contributed by atoms with Gasteiger partial charge < -0.3 is 14.9 Å².